The van der Waals surface area contributed by atoms with Gasteiger partial charge in [0.1, 0.15) is 5.75 Å². The number of aromatic nitrogens is 1. The van der Waals surface area contributed by atoms with Crippen molar-refractivity contribution in [3.8, 4) is 11.6 Å². The van der Waals surface area contributed by atoms with Crippen molar-refractivity contribution in [3.05, 3.63) is 53.7 Å². The Hall–Kier alpha value is -2.07. The molecule has 1 unspecified atom stereocenters. The van der Waals surface area contributed by atoms with Crippen LogP contribution in [0.3, 0.4) is 0 Å². The highest BCUT2D eigenvalue weighted by atomic mass is 16.5. The van der Waals surface area contributed by atoms with E-state index in [0.717, 1.165) is 16.9 Å². The molecular weight excluding hydrogens is 240 g/mol. The molecule has 2 aromatic rings. The van der Waals surface area contributed by atoms with E-state index in [0.29, 0.717) is 5.88 Å². The Kier molecular flexibility index (Phi) is 4.36. The number of pyridine rings is 1. The normalized spacial score (nSPS) is 11.9. The molecule has 0 bridgehead atoms. The molecule has 0 radical (unpaired) electrons. The van der Waals surface area contributed by atoms with Crippen LogP contribution in [0.5, 0.6) is 11.6 Å². The van der Waals surface area contributed by atoms with Crippen LogP contribution in [0.15, 0.2) is 42.6 Å². The first-order valence-corrected chi connectivity index (χ1v) is 6.10. The molecule has 4 heteroatoms. The van der Waals surface area contributed by atoms with Crippen LogP contribution in [0, 0.1) is 0 Å². The Morgan fingerprint density at radius 1 is 1.11 bits per heavy atom. The molecule has 2 rings (SSSR count). The van der Waals surface area contributed by atoms with Gasteiger partial charge in [-0.2, -0.15) is 0 Å². The van der Waals surface area contributed by atoms with Gasteiger partial charge in [-0.05, 0) is 30.8 Å². The average molecular weight is 258 g/mol. The zero-order chi connectivity index (χ0) is 13.7. The summed E-state index contributed by atoms with van der Waals surface area (Å²) >= 11 is 0. The van der Waals surface area contributed by atoms with Gasteiger partial charge in [0.2, 0.25) is 5.88 Å². The van der Waals surface area contributed by atoms with Crippen LogP contribution >= 0.6 is 0 Å². The lowest BCUT2D eigenvalue weighted by Crippen LogP contribution is -2.18. The smallest absolute Gasteiger partial charge is 0.218 e. The SMILES string of the molecule is CNC(c1cccc(OC)c1)c1cccnc1OC. The second-order valence-corrected chi connectivity index (χ2v) is 4.10. The van der Waals surface area contributed by atoms with Crippen LogP contribution in [-0.4, -0.2) is 26.3 Å². The maximum Gasteiger partial charge on any atom is 0.218 e. The van der Waals surface area contributed by atoms with Crippen LogP contribution in [0.2, 0.25) is 0 Å². The highest BCUT2D eigenvalue weighted by Crippen LogP contribution is 2.29. The maximum atomic E-state index is 5.32. The highest BCUT2D eigenvalue weighted by molar-refractivity contribution is 5.40. The molecule has 1 N–H and O–H groups in total. The third-order valence-corrected chi connectivity index (χ3v) is 3.02. The molecule has 1 atom stereocenters. The summed E-state index contributed by atoms with van der Waals surface area (Å²) in [5.74, 6) is 1.46. The van der Waals surface area contributed by atoms with Gasteiger partial charge in [0.25, 0.3) is 0 Å². The Bertz CT molecular complexity index is 543. The van der Waals surface area contributed by atoms with Crippen molar-refractivity contribution in [1.29, 1.82) is 0 Å². The fourth-order valence-corrected chi connectivity index (χ4v) is 2.12. The van der Waals surface area contributed by atoms with Gasteiger partial charge in [0.15, 0.2) is 0 Å². The third-order valence-electron chi connectivity index (χ3n) is 3.02. The lowest BCUT2D eigenvalue weighted by Gasteiger charge is -2.19. The van der Waals surface area contributed by atoms with E-state index >= 15 is 0 Å². The standard InChI is InChI=1S/C15H18N2O2/c1-16-14(11-6-4-7-12(10-11)18-2)13-8-5-9-17-15(13)19-3/h4-10,14,16H,1-3H3. The van der Waals surface area contributed by atoms with Crippen LogP contribution in [0.1, 0.15) is 17.2 Å². The van der Waals surface area contributed by atoms with Crippen molar-refractivity contribution < 1.29 is 9.47 Å². The van der Waals surface area contributed by atoms with Crippen molar-refractivity contribution in [2.45, 2.75) is 6.04 Å². The van der Waals surface area contributed by atoms with Gasteiger partial charge in [0.05, 0.1) is 20.3 Å². The van der Waals surface area contributed by atoms with Crippen molar-refractivity contribution in [2.75, 3.05) is 21.3 Å². The summed E-state index contributed by atoms with van der Waals surface area (Å²) in [6.07, 6.45) is 1.72. The second-order valence-electron chi connectivity index (χ2n) is 4.10. The van der Waals surface area contributed by atoms with Crippen molar-refractivity contribution >= 4 is 0 Å². The summed E-state index contributed by atoms with van der Waals surface area (Å²) in [4.78, 5) is 4.24. The van der Waals surface area contributed by atoms with E-state index in [1.54, 1.807) is 20.4 Å². The number of ether oxygens (including phenoxy) is 2. The monoisotopic (exact) mass is 258 g/mol. The van der Waals surface area contributed by atoms with Gasteiger partial charge in [-0.25, -0.2) is 4.98 Å². The Morgan fingerprint density at radius 3 is 2.63 bits per heavy atom. The number of rotatable bonds is 5. The van der Waals surface area contributed by atoms with E-state index in [4.69, 9.17) is 9.47 Å². The molecule has 0 amide bonds. The largest absolute Gasteiger partial charge is 0.497 e. The Morgan fingerprint density at radius 2 is 1.95 bits per heavy atom. The number of hydrogen-bond acceptors (Lipinski definition) is 4. The average Bonchev–Trinajstić information content (AvgIpc) is 2.49. The summed E-state index contributed by atoms with van der Waals surface area (Å²) in [6.45, 7) is 0. The highest BCUT2D eigenvalue weighted by Gasteiger charge is 2.17. The molecule has 1 aromatic carbocycles. The molecule has 0 aliphatic rings. The van der Waals surface area contributed by atoms with Crippen molar-refractivity contribution in [3.63, 3.8) is 0 Å². The van der Waals surface area contributed by atoms with Gasteiger partial charge >= 0.3 is 0 Å². The number of hydrogen-bond donors (Lipinski definition) is 1. The number of nitrogens with one attached hydrogen (secondary N) is 1. The lowest BCUT2D eigenvalue weighted by molar-refractivity contribution is 0.388. The second kappa shape index (κ2) is 6.20. The van der Waals surface area contributed by atoms with E-state index < -0.39 is 0 Å². The summed E-state index contributed by atoms with van der Waals surface area (Å²) in [6, 6.07) is 11.9. The Labute approximate surface area is 113 Å². The molecule has 1 heterocycles. The summed E-state index contributed by atoms with van der Waals surface area (Å²) in [5.41, 5.74) is 2.11. The van der Waals surface area contributed by atoms with Crippen LogP contribution < -0.4 is 14.8 Å². The quantitative estimate of drug-likeness (QED) is 0.894. The summed E-state index contributed by atoms with van der Waals surface area (Å²) in [5, 5.41) is 3.29. The van der Waals surface area contributed by atoms with Gasteiger partial charge in [0, 0.05) is 11.8 Å². The summed E-state index contributed by atoms with van der Waals surface area (Å²) < 4.78 is 10.6. The van der Waals surface area contributed by atoms with E-state index in [2.05, 4.69) is 16.4 Å². The molecule has 1 aromatic heterocycles. The van der Waals surface area contributed by atoms with Gasteiger partial charge in [-0.15, -0.1) is 0 Å². The molecule has 4 nitrogen and oxygen atoms in total. The zero-order valence-corrected chi connectivity index (χ0v) is 11.4. The first kappa shape index (κ1) is 13.4. The molecule has 100 valence electrons. The Balaban J connectivity index is 2.43. The minimum Gasteiger partial charge on any atom is -0.497 e. The molecule has 0 fully saturated rings. The van der Waals surface area contributed by atoms with E-state index in [1.165, 1.54) is 0 Å². The van der Waals surface area contributed by atoms with Crippen molar-refractivity contribution in [2.24, 2.45) is 0 Å². The minimum absolute atomic E-state index is 0.0127. The van der Waals surface area contributed by atoms with Gasteiger partial charge in [-0.3, -0.25) is 0 Å². The fraction of sp³-hybridized carbons (Fsp3) is 0.267. The van der Waals surface area contributed by atoms with Crippen LogP contribution in [0.4, 0.5) is 0 Å². The number of methoxy groups -OCH3 is 2. The molecule has 0 aliphatic carbocycles. The molecular formula is C15H18N2O2. The first-order chi connectivity index (χ1) is 9.30. The van der Waals surface area contributed by atoms with E-state index in [-0.39, 0.29) is 6.04 Å². The first-order valence-electron chi connectivity index (χ1n) is 6.10. The van der Waals surface area contributed by atoms with Crippen LogP contribution in [-0.2, 0) is 0 Å². The van der Waals surface area contributed by atoms with Crippen molar-refractivity contribution in [1.82, 2.24) is 10.3 Å². The van der Waals surface area contributed by atoms with E-state index in [1.807, 2.05) is 37.4 Å². The molecule has 0 aliphatic heterocycles. The predicted octanol–water partition coefficient (Wildman–Crippen LogP) is 2.41. The van der Waals surface area contributed by atoms with Gasteiger partial charge in [-0.1, -0.05) is 18.2 Å². The van der Waals surface area contributed by atoms with Crippen LogP contribution in [0.25, 0.3) is 0 Å². The molecule has 0 spiro atoms. The zero-order valence-electron chi connectivity index (χ0n) is 11.4. The van der Waals surface area contributed by atoms with Gasteiger partial charge < -0.3 is 14.8 Å². The predicted molar refractivity (Wildman–Crippen MR) is 74.7 cm³/mol. The van der Waals surface area contributed by atoms with E-state index in [9.17, 15) is 0 Å². The number of nitrogens with zero attached hydrogens (tertiary/aromatic N) is 1. The lowest BCUT2D eigenvalue weighted by atomic mass is 9.99. The third kappa shape index (κ3) is 2.85. The molecule has 19 heavy (non-hydrogen) atoms. The number of benzene rings is 1. The topological polar surface area (TPSA) is 43.4 Å². The summed E-state index contributed by atoms with van der Waals surface area (Å²) in [7, 11) is 5.21. The molecule has 0 saturated carbocycles. The fourth-order valence-electron chi connectivity index (χ4n) is 2.12. The maximum absolute atomic E-state index is 5.32. The minimum atomic E-state index is 0.0127. The molecule has 0 saturated heterocycles.